The monoisotopic (exact) mass is 356 g/mol. The molecule has 23 heavy (non-hydrogen) atoms. The summed E-state index contributed by atoms with van der Waals surface area (Å²) in [5, 5.41) is 9.09. The molecule has 0 radical (unpaired) electrons. The standard InChI is InChI=1S/C13H13ClN4O4S/c14-9-1-3-10(4-2-9)23(21,22)18-13-16-6-8(7-17-13)11(15)5-12(19)20/h1-4,6-7,11H,5,15H2,(H,19,20)(H,16,17,18)/t11-/m0/s1. The lowest BCUT2D eigenvalue weighted by Crippen LogP contribution is -2.17. The molecule has 0 fully saturated rings. The van der Waals surface area contributed by atoms with E-state index in [0.717, 1.165) is 0 Å². The van der Waals surface area contributed by atoms with Crippen molar-refractivity contribution in [3.63, 3.8) is 0 Å². The van der Waals surface area contributed by atoms with Crippen molar-refractivity contribution >= 4 is 33.5 Å². The third-order valence-electron chi connectivity index (χ3n) is 2.84. The predicted octanol–water partition coefficient (Wildman–Crippen LogP) is 1.41. The van der Waals surface area contributed by atoms with E-state index in [-0.39, 0.29) is 17.3 Å². The van der Waals surface area contributed by atoms with Crippen LogP contribution >= 0.6 is 11.6 Å². The number of nitrogens with zero attached hydrogens (tertiary/aromatic N) is 2. The third kappa shape index (κ3) is 4.62. The van der Waals surface area contributed by atoms with Crippen LogP contribution in [0.3, 0.4) is 0 Å². The number of benzene rings is 1. The Morgan fingerprint density at radius 3 is 2.35 bits per heavy atom. The van der Waals surface area contributed by atoms with Crippen molar-refractivity contribution in [2.24, 2.45) is 5.73 Å². The Hall–Kier alpha value is -2.23. The number of carboxylic acid groups (broad SMARTS) is 1. The van der Waals surface area contributed by atoms with Gasteiger partial charge in [-0.2, -0.15) is 0 Å². The maximum Gasteiger partial charge on any atom is 0.305 e. The zero-order valence-corrected chi connectivity index (χ0v) is 13.3. The highest BCUT2D eigenvalue weighted by atomic mass is 35.5. The number of carboxylic acids is 1. The van der Waals surface area contributed by atoms with E-state index in [9.17, 15) is 13.2 Å². The number of halogens is 1. The Kier molecular flexibility index (Phi) is 5.14. The Morgan fingerprint density at radius 2 is 1.83 bits per heavy atom. The summed E-state index contributed by atoms with van der Waals surface area (Å²) in [5.74, 6) is -1.20. The van der Waals surface area contributed by atoms with E-state index in [1.165, 1.54) is 36.7 Å². The van der Waals surface area contributed by atoms with Gasteiger partial charge < -0.3 is 10.8 Å². The van der Waals surface area contributed by atoms with Gasteiger partial charge in [0.25, 0.3) is 10.0 Å². The lowest BCUT2D eigenvalue weighted by molar-refractivity contribution is -0.137. The number of carbonyl (C=O) groups is 1. The molecule has 0 aliphatic rings. The molecule has 2 rings (SSSR count). The second-order valence-corrected chi connectivity index (χ2v) is 6.72. The molecule has 1 atom stereocenters. The topological polar surface area (TPSA) is 135 Å². The minimum Gasteiger partial charge on any atom is -0.481 e. The second-order valence-electron chi connectivity index (χ2n) is 4.60. The summed E-state index contributed by atoms with van der Waals surface area (Å²) in [6.07, 6.45) is 2.28. The fourth-order valence-corrected chi connectivity index (χ4v) is 2.77. The Labute approximate surface area is 137 Å². The van der Waals surface area contributed by atoms with Crippen molar-refractivity contribution in [2.75, 3.05) is 4.72 Å². The summed E-state index contributed by atoms with van der Waals surface area (Å²) in [4.78, 5) is 18.3. The van der Waals surface area contributed by atoms with Crippen molar-refractivity contribution < 1.29 is 18.3 Å². The number of nitrogens with two attached hydrogens (primary N) is 1. The highest BCUT2D eigenvalue weighted by Crippen LogP contribution is 2.17. The van der Waals surface area contributed by atoms with Gasteiger partial charge in [0.05, 0.1) is 11.3 Å². The number of aliphatic carboxylic acids is 1. The Morgan fingerprint density at radius 1 is 1.26 bits per heavy atom. The van der Waals surface area contributed by atoms with Crippen LogP contribution in [0, 0.1) is 0 Å². The van der Waals surface area contributed by atoms with Gasteiger partial charge in [0.15, 0.2) is 0 Å². The van der Waals surface area contributed by atoms with E-state index in [0.29, 0.717) is 10.6 Å². The molecular formula is C13H13ClN4O4S. The zero-order chi connectivity index (χ0) is 17.0. The Balaban J connectivity index is 2.14. The smallest absolute Gasteiger partial charge is 0.305 e. The Bertz CT molecular complexity index is 794. The highest BCUT2D eigenvalue weighted by Gasteiger charge is 2.16. The lowest BCUT2D eigenvalue weighted by Gasteiger charge is -2.10. The number of anilines is 1. The molecule has 2 aromatic rings. The number of sulfonamides is 1. The number of aromatic nitrogens is 2. The van der Waals surface area contributed by atoms with E-state index < -0.39 is 22.0 Å². The van der Waals surface area contributed by atoms with E-state index in [2.05, 4.69) is 14.7 Å². The molecule has 1 aromatic carbocycles. The maximum atomic E-state index is 12.1. The summed E-state index contributed by atoms with van der Waals surface area (Å²) < 4.78 is 26.5. The molecule has 0 aliphatic carbocycles. The lowest BCUT2D eigenvalue weighted by atomic mass is 10.1. The number of rotatable bonds is 6. The van der Waals surface area contributed by atoms with Crippen LogP contribution in [0.4, 0.5) is 5.95 Å². The summed E-state index contributed by atoms with van der Waals surface area (Å²) >= 11 is 5.71. The van der Waals surface area contributed by atoms with Crippen LogP contribution in [0.2, 0.25) is 5.02 Å². The average molecular weight is 357 g/mol. The van der Waals surface area contributed by atoms with Gasteiger partial charge in [-0.15, -0.1) is 0 Å². The molecule has 0 saturated carbocycles. The molecule has 0 saturated heterocycles. The van der Waals surface area contributed by atoms with Gasteiger partial charge in [-0.05, 0) is 24.3 Å². The third-order valence-corrected chi connectivity index (χ3v) is 4.44. The molecule has 122 valence electrons. The SMILES string of the molecule is N[C@@H](CC(=O)O)c1cnc(NS(=O)(=O)c2ccc(Cl)cc2)nc1. The van der Waals surface area contributed by atoms with Gasteiger partial charge in [-0.3, -0.25) is 4.79 Å². The molecule has 0 amide bonds. The molecule has 1 heterocycles. The van der Waals surface area contributed by atoms with Gasteiger partial charge >= 0.3 is 5.97 Å². The fourth-order valence-electron chi connectivity index (χ4n) is 1.68. The molecule has 0 aliphatic heterocycles. The summed E-state index contributed by atoms with van der Waals surface area (Å²) in [6, 6.07) is 4.83. The first-order valence-electron chi connectivity index (χ1n) is 6.35. The first kappa shape index (κ1) is 17.1. The molecule has 4 N–H and O–H groups in total. The molecule has 10 heteroatoms. The minimum absolute atomic E-state index is 0.0113. The summed E-state index contributed by atoms with van der Waals surface area (Å²) in [5.41, 5.74) is 6.06. The van der Waals surface area contributed by atoms with Crippen LogP contribution in [0.15, 0.2) is 41.6 Å². The molecule has 0 unspecified atom stereocenters. The van der Waals surface area contributed by atoms with Gasteiger partial charge in [0, 0.05) is 29.0 Å². The van der Waals surface area contributed by atoms with Crippen LogP contribution in [0.5, 0.6) is 0 Å². The van der Waals surface area contributed by atoms with Crippen LogP contribution in [-0.2, 0) is 14.8 Å². The normalized spacial score (nSPS) is 12.6. The van der Waals surface area contributed by atoms with Crippen LogP contribution in [-0.4, -0.2) is 29.5 Å². The van der Waals surface area contributed by atoms with Crippen molar-refractivity contribution in [2.45, 2.75) is 17.4 Å². The molecular weight excluding hydrogens is 344 g/mol. The number of hydrogen-bond donors (Lipinski definition) is 3. The van der Waals surface area contributed by atoms with E-state index >= 15 is 0 Å². The first-order valence-corrected chi connectivity index (χ1v) is 8.22. The minimum atomic E-state index is -3.84. The van der Waals surface area contributed by atoms with Crippen molar-refractivity contribution in [1.82, 2.24) is 9.97 Å². The highest BCUT2D eigenvalue weighted by molar-refractivity contribution is 7.92. The van der Waals surface area contributed by atoms with E-state index in [1.54, 1.807) is 0 Å². The predicted molar refractivity (Wildman–Crippen MR) is 83.5 cm³/mol. The molecule has 1 aromatic heterocycles. The van der Waals surface area contributed by atoms with Crippen molar-refractivity contribution in [1.29, 1.82) is 0 Å². The summed E-state index contributed by atoms with van der Waals surface area (Å²) in [7, 11) is -3.84. The maximum absolute atomic E-state index is 12.1. The fraction of sp³-hybridized carbons (Fsp3) is 0.154. The largest absolute Gasteiger partial charge is 0.481 e. The second kappa shape index (κ2) is 6.90. The van der Waals surface area contributed by atoms with Crippen LogP contribution < -0.4 is 10.5 Å². The molecule has 0 spiro atoms. The van der Waals surface area contributed by atoms with Crippen LogP contribution in [0.25, 0.3) is 0 Å². The summed E-state index contributed by atoms with van der Waals surface area (Å²) in [6.45, 7) is 0. The van der Waals surface area contributed by atoms with Gasteiger partial charge in [0.1, 0.15) is 0 Å². The van der Waals surface area contributed by atoms with Crippen molar-refractivity contribution in [3.05, 3.63) is 47.2 Å². The van der Waals surface area contributed by atoms with Gasteiger partial charge in [-0.1, -0.05) is 11.6 Å². The van der Waals surface area contributed by atoms with Crippen LogP contribution in [0.1, 0.15) is 18.0 Å². The van der Waals surface area contributed by atoms with E-state index in [4.69, 9.17) is 22.4 Å². The average Bonchev–Trinajstić information content (AvgIpc) is 2.47. The number of nitrogens with one attached hydrogen (secondary N) is 1. The molecule has 0 bridgehead atoms. The first-order chi connectivity index (χ1) is 10.8. The zero-order valence-electron chi connectivity index (χ0n) is 11.7. The molecule has 8 nitrogen and oxygen atoms in total. The van der Waals surface area contributed by atoms with Crippen molar-refractivity contribution in [3.8, 4) is 0 Å². The number of hydrogen-bond acceptors (Lipinski definition) is 6. The van der Waals surface area contributed by atoms with Gasteiger partial charge in [-0.25, -0.2) is 23.1 Å². The van der Waals surface area contributed by atoms with E-state index in [1.807, 2.05) is 0 Å². The van der Waals surface area contributed by atoms with Gasteiger partial charge in [0.2, 0.25) is 5.95 Å². The quantitative estimate of drug-likeness (QED) is 0.711.